The van der Waals surface area contributed by atoms with Crippen molar-refractivity contribution in [3.8, 4) is 0 Å². The van der Waals surface area contributed by atoms with E-state index in [4.69, 9.17) is 11.1 Å². The van der Waals surface area contributed by atoms with Gasteiger partial charge in [-0.15, -0.1) is 0 Å². The van der Waals surface area contributed by atoms with Gasteiger partial charge < -0.3 is 0 Å². The summed E-state index contributed by atoms with van der Waals surface area (Å²) in [6.07, 6.45) is 0. The van der Waals surface area contributed by atoms with Crippen molar-refractivity contribution in [2.45, 2.75) is 116 Å². The molecule has 0 N–H and O–H groups in total. The first kappa shape index (κ1) is 22.9. The van der Waals surface area contributed by atoms with E-state index in [1.165, 1.54) is 0 Å². The van der Waals surface area contributed by atoms with E-state index in [0.29, 0.717) is 0 Å². The molecule has 0 aromatic carbocycles. The molecule has 1 radical (unpaired) electrons. The van der Waals surface area contributed by atoms with Crippen LogP contribution in [0.3, 0.4) is 0 Å². The first-order chi connectivity index (χ1) is 9.81. The molecule has 0 rings (SSSR count). The summed E-state index contributed by atoms with van der Waals surface area (Å²) in [5, 5.41) is 0. The molecule has 22 heavy (non-hydrogen) atoms. The number of halogens is 1. The molecule has 0 spiro atoms. The summed E-state index contributed by atoms with van der Waals surface area (Å²) < 4.78 is 0. The van der Waals surface area contributed by atoms with Crippen LogP contribution in [-0.4, -0.2) is 22.3 Å². The summed E-state index contributed by atoms with van der Waals surface area (Å²) in [6, 6.07) is 0. The molecule has 0 aliphatic rings. The Morgan fingerprint density at radius 2 is 0.591 bits per heavy atom. The van der Waals surface area contributed by atoms with Crippen LogP contribution in [0.5, 0.6) is 0 Å². The van der Waals surface area contributed by atoms with E-state index in [9.17, 15) is 0 Å². The molecule has 0 heterocycles. The Kier molecular flexibility index (Phi) is 8.71. The lowest BCUT2D eigenvalue weighted by Gasteiger charge is -2.56. The predicted molar refractivity (Wildman–Crippen MR) is 114 cm³/mol. The molecule has 0 aromatic heterocycles. The standard InChI is InChI=1S/C18H42ClSi3/c1-13(2)21(14(3)4,15(5)6)20(19)22(16(7)8,17(9)10)18(11)12/h13-18H,1-12H3. The fourth-order valence-corrected chi connectivity index (χ4v) is 63.2. The SMILES string of the molecule is CC(C)[Si](C(C)C)(C(C)C)[Si](Cl)[Si](C(C)C)(C(C)C)C(C)C. The number of hydrogen-bond donors (Lipinski definition) is 0. The normalized spacial score (nSPS) is 14.7. The Labute approximate surface area is 149 Å². The monoisotopic (exact) mass is 377 g/mol. The minimum Gasteiger partial charge on any atom is -0.176 e. The molecule has 4 heteroatoms. The Balaban J connectivity index is 6.46. The molecule has 0 saturated heterocycles. The Hall–Kier alpha value is 0.941. The molecule has 0 aromatic rings. The minimum atomic E-state index is -1.53. The summed E-state index contributed by atoms with van der Waals surface area (Å²) in [4.78, 5) is 0. The van der Waals surface area contributed by atoms with Crippen LogP contribution in [0, 0.1) is 0 Å². The van der Waals surface area contributed by atoms with Crippen LogP contribution in [-0.2, 0) is 0 Å². The molecule has 0 amide bonds. The molecule has 0 nitrogen and oxygen atoms in total. The van der Waals surface area contributed by atoms with Crippen molar-refractivity contribution in [2.75, 3.05) is 0 Å². The summed E-state index contributed by atoms with van der Waals surface area (Å²) in [6.45, 7) is 29.8. The van der Waals surface area contributed by atoms with Gasteiger partial charge in [-0.1, -0.05) is 116 Å². The summed E-state index contributed by atoms with van der Waals surface area (Å²) in [5.74, 6) is 0. The molecule has 0 bridgehead atoms. The highest BCUT2D eigenvalue weighted by molar-refractivity contribution is 7.76. The zero-order chi connectivity index (χ0) is 18.0. The van der Waals surface area contributed by atoms with Crippen molar-refractivity contribution in [3.63, 3.8) is 0 Å². The Morgan fingerprint density at radius 3 is 0.682 bits per heavy atom. The van der Waals surface area contributed by atoms with E-state index in [1.54, 1.807) is 0 Å². The molecule has 0 aliphatic carbocycles. The van der Waals surface area contributed by atoms with E-state index in [-0.39, 0.29) is 0 Å². The summed E-state index contributed by atoms with van der Waals surface area (Å²) in [5.41, 5.74) is 4.76. The predicted octanol–water partition coefficient (Wildman–Crippen LogP) is 7.73. The van der Waals surface area contributed by atoms with Gasteiger partial charge in [-0.3, -0.25) is 0 Å². The Bertz CT molecular complexity index is 260. The first-order valence-corrected chi connectivity index (χ1v) is 18.3. The van der Waals surface area contributed by atoms with Crippen LogP contribution < -0.4 is 0 Å². The second-order valence-corrected chi connectivity index (χ2v) is 33.1. The zero-order valence-corrected chi connectivity index (χ0v) is 21.1. The minimum absolute atomic E-state index is 0.794. The van der Waals surface area contributed by atoms with Gasteiger partial charge in [0.2, 0.25) is 0 Å². The van der Waals surface area contributed by atoms with Crippen LogP contribution in [0.25, 0.3) is 0 Å². The van der Waals surface area contributed by atoms with Gasteiger partial charge in [0.25, 0.3) is 0 Å². The maximum Gasteiger partial charge on any atom is 0.146 e. The van der Waals surface area contributed by atoms with Crippen LogP contribution in [0.2, 0.25) is 33.2 Å². The fraction of sp³-hybridized carbons (Fsp3) is 1.00. The van der Waals surface area contributed by atoms with E-state index >= 15 is 0 Å². The van der Waals surface area contributed by atoms with E-state index in [1.807, 2.05) is 0 Å². The van der Waals surface area contributed by atoms with Gasteiger partial charge in [-0.25, -0.2) is 0 Å². The van der Waals surface area contributed by atoms with Crippen LogP contribution >= 0.6 is 11.1 Å². The van der Waals surface area contributed by atoms with E-state index in [0.717, 1.165) is 33.2 Å². The molecule has 0 atom stereocenters. The van der Waals surface area contributed by atoms with E-state index in [2.05, 4.69) is 83.1 Å². The average molecular weight is 378 g/mol. The molecule has 0 unspecified atom stereocenters. The van der Waals surface area contributed by atoms with Gasteiger partial charge in [0, 0.05) is 0 Å². The quantitative estimate of drug-likeness (QED) is 0.299. The zero-order valence-electron chi connectivity index (χ0n) is 17.3. The highest BCUT2D eigenvalue weighted by Gasteiger charge is 2.61. The van der Waals surface area contributed by atoms with Gasteiger partial charge >= 0.3 is 0 Å². The molecule has 133 valence electrons. The molecule has 0 fully saturated rings. The van der Waals surface area contributed by atoms with Crippen molar-refractivity contribution in [3.05, 3.63) is 0 Å². The third-order valence-electron chi connectivity index (χ3n) is 6.49. The van der Waals surface area contributed by atoms with Crippen molar-refractivity contribution in [1.82, 2.24) is 0 Å². The van der Waals surface area contributed by atoms with Crippen molar-refractivity contribution in [1.29, 1.82) is 0 Å². The third kappa shape index (κ3) is 3.48. The molecular weight excluding hydrogens is 336 g/mol. The lowest BCUT2D eigenvalue weighted by atomic mass is 10.5. The molecule has 0 aliphatic heterocycles. The average Bonchev–Trinajstić information content (AvgIpc) is 2.26. The lowest BCUT2D eigenvalue weighted by Crippen LogP contribution is -2.71. The second-order valence-electron chi connectivity index (χ2n) is 9.11. The van der Waals surface area contributed by atoms with Gasteiger partial charge in [0.15, 0.2) is 0 Å². The van der Waals surface area contributed by atoms with Crippen LogP contribution in [0.4, 0.5) is 0 Å². The van der Waals surface area contributed by atoms with Gasteiger partial charge in [-0.2, -0.15) is 11.1 Å². The van der Waals surface area contributed by atoms with Crippen LogP contribution in [0.15, 0.2) is 0 Å². The summed E-state index contributed by atoms with van der Waals surface area (Å²) in [7, 11) is -3.88. The van der Waals surface area contributed by atoms with Gasteiger partial charge in [-0.05, 0) is 0 Å². The molecular formula is C18H42ClSi3. The maximum absolute atomic E-state index is 7.72. The smallest absolute Gasteiger partial charge is 0.146 e. The first-order valence-electron chi connectivity index (χ1n) is 9.35. The lowest BCUT2D eigenvalue weighted by molar-refractivity contribution is 0.832. The third-order valence-corrected chi connectivity index (χ3v) is 48.1. The fourth-order valence-electron chi connectivity index (χ4n) is 5.90. The largest absolute Gasteiger partial charge is 0.176 e. The highest BCUT2D eigenvalue weighted by atomic mass is 35.6. The number of rotatable bonds is 8. The van der Waals surface area contributed by atoms with Crippen molar-refractivity contribution in [2.24, 2.45) is 0 Å². The van der Waals surface area contributed by atoms with Crippen LogP contribution in [0.1, 0.15) is 83.1 Å². The van der Waals surface area contributed by atoms with E-state index < -0.39 is 22.3 Å². The summed E-state index contributed by atoms with van der Waals surface area (Å²) >= 11 is 7.72. The number of hydrogen-bond acceptors (Lipinski definition) is 0. The van der Waals surface area contributed by atoms with Gasteiger partial charge in [0.1, 0.15) is 7.14 Å². The maximum atomic E-state index is 7.72. The van der Waals surface area contributed by atoms with Crippen molar-refractivity contribution < 1.29 is 0 Å². The second kappa shape index (κ2) is 8.35. The Morgan fingerprint density at radius 1 is 0.455 bits per heavy atom. The molecule has 0 saturated carbocycles. The topological polar surface area (TPSA) is 0 Å². The highest BCUT2D eigenvalue weighted by Crippen LogP contribution is 2.53. The van der Waals surface area contributed by atoms with Gasteiger partial charge in [0.05, 0.1) is 15.2 Å². The van der Waals surface area contributed by atoms with Crippen molar-refractivity contribution >= 4 is 33.4 Å².